The molecule has 72 valence electrons. The van der Waals surface area contributed by atoms with Crippen molar-refractivity contribution in [2.45, 2.75) is 31.7 Å². The molecule has 0 radical (unpaired) electrons. The molecule has 3 heteroatoms. The standard InChI is InChI=1S/C10H15NO2/c1-2-3-7-11(9-4-5-9)8-6-10(12)13/h1,9H,3-8H2,(H,12,13). The average Bonchev–Trinajstić information content (AvgIpc) is 2.87. The van der Waals surface area contributed by atoms with Crippen molar-refractivity contribution in [1.29, 1.82) is 0 Å². The van der Waals surface area contributed by atoms with E-state index in [4.69, 9.17) is 11.5 Å². The van der Waals surface area contributed by atoms with E-state index >= 15 is 0 Å². The third-order valence-electron chi connectivity index (χ3n) is 2.22. The van der Waals surface area contributed by atoms with Crippen LogP contribution in [0.2, 0.25) is 0 Å². The topological polar surface area (TPSA) is 40.5 Å². The first-order valence-corrected chi connectivity index (χ1v) is 4.63. The Bertz CT molecular complexity index is 215. The number of carboxylic acids is 1. The van der Waals surface area contributed by atoms with E-state index < -0.39 is 5.97 Å². The van der Waals surface area contributed by atoms with E-state index in [1.165, 1.54) is 12.8 Å². The summed E-state index contributed by atoms with van der Waals surface area (Å²) in [7, 11) is 0. The molecule has 1 fully saturated rings. The summed E-state index contributed by atoms with van der Waals surface area (Å²) in [5, 5.41) is 8.52. The lowest BCUT2D eigenvalue weighted by atomic mass is 10.3. The monoisotopic (exact) mass is 181 g/mol. The molecule has 0 saturated heterocycles. The zero-order valence-corrected chi connectivity index (χ0v) is 7.70. The van der Waals surface area contributed by atoms with Gasteiger partial charge in [0.05, 0.1) is 6.42 Å². The highest BCUT2D eigenvalue weighted by molar-refractivity contribution is 5.66. The number of rotatable bonds is 6. The normalized spacial score (nSPS) is 15.7. The van der Waals surface area contributed by atoms with Crippen LogP contribution in [0, 0.1) is 12.3 Å². The van der Waals surface area contributed by atoms with Crippen LogP contribution in [0.4, 0.5) is 0 Å². The highest BCUT2D eigenvalue weighted by Crippen LogP contribution is 2.26. The Hall–Kier alpha value is -1.01. The zero-order chi connectivity index (χ0) is 9.68. The second-order valence-corrected chi connectivity index (χ2v) is 3.37. The van der Waals surface area contributed by atoms with Gasteiger partial charge >= 0.3 is 5.97 Å². The average molecular weight is 181 g/mol. The lowest BCUT2D eigenvalue weighted by Gasteiger charge is -2.19. The molecule has 1 N–H and O–H groups in total. The van der Waals surface area contributed by atoms with Gasteiger partial charge in [-0.1, -0.05) is 0 Å². The van der Waals surface area contributed by atoms with Gasteiger partial charge in [-0.15, -0.1) is 12.3 Å². The zero-order valence-electron chi connectivity index (χ0n) is 7.70. The van der Waals surface area contributed by atoms with E-state index in [0.717, 1.165) is 13.0 Å². The maximum atomic E-state index is 10.4. The predicted octanol–water partition coefficient (Wildman–Crippen LogP) is 0.949. The summed E-state index contributed by atoms with van der Waals surface area (Å²) in [4.78, 5) is 12.5. The first kappa shape index (κ1) is 10.1. The Balaban J connectivity index is 2.21. The van der Waals surface area contributed by atoms with Crippen molar-refractivity contribution in [3.05, 3.63) is 0 Å². The van der Waals surface area contributed by atoms with Gasteiger partial charge in [-0.25, -0.2) is 0 Å². The van der Waals surface area contributed by atoms with Gasteiger partial charge in [0, 0.05) is 25.6 Å². The minimum absolute atomic E-state index is 0.223. The Morgan fingerprint density at radius 1 is 1.54 bits per heavy atom. The predicted molar refractivity (Wildman–Crippen MR) is 50.3 cm³/mol. The molecule has 0 bridgehead atoms. The summed E-state index contributed by atoms with van der Waals surface area (Å²) >= 11 is 0. The lowest BCUT2D eigenvalue weighted by Crippen LogP contribution is -2.29. The van der Waals surface area contributed by atoms with E-state index in [0.29, 0.717) is 12.6 Å². The Morgan fingerprint density at radius 2 is 2.23 bits per heavy atom. The number of carbonyl (C=O) groups is 1. The lowest BCUT2D eigenvalue weighted by molar-refractivity contribution is -0.137. The number of nitrogens with zero attached hydrogens (tertiary/aromatic N) is 1. The number of hydrogen-bond donors (Lipinski definition) is 1. The van der Waals surface area contributed by atoms with Gasteiger partial charge in [0.2, 0.25) is 0 Å². The molecule has 0 aliphatic heterocycles. The van der Waals surface area contributed by atoms with E-state index in [1.54, 1.807) is 0 Å². The molecule has 1 saturated carbocycles. The summed E-state index contributed by atoms with van der Waals surface area (Å²) in [6.07, 6.45) is 8.50. The van der Waals surface area contributed by atoms with Gasteiger partial charge < -0.3 is 5.11 Å². The molecule has 3 nitrogen and oxygen atoms in total. The van der Waals surface area contributed by atoms with E-state index in [2.05, 4.69) is 10.8 Å². The first-order chi connectivity index (χ1) is 6.24. The van der Waals surface area contributed by atoms with Crippen molar-refractivity contribution in [3.8, 4) is 12.3 Å². The van der Waals surface area contributed by atoms with Gasteiger partial charge in [0.25, 0.3) is 0 Å². The molecular formula is C10H15NO2. The van der Waals surface area contributed by atoms with Crippen LogP contribution in [0.25, 0.3) is 0 Å². The molecule has 0 amide bonds. The van der Waals surface area contributed by atoms with Crippen LogP contribution in [-0.2, 0) is 4.79 Å². The van der Waals surface area contributed by atoms with E-state index in [-0.39, 0.29) is 6.42 Å². The van der Waals surface area contributed by atoms with Crippen molar-refractivity contribution < 1.29 is 9.90 Å². The van der Waals surface area contributed by atoms with Crippen molar-refractivity contribution >= 4 is 5.97 Å². The molecule has 0 aromatic rings. The number of terminal acetylenes is 1. The van der Waals surface area contributed by atoms with E-state index in [9.17, 15) is 4.79 Å². The fourth-order valence-corrected chi connectivity index (χ4v) is 1.36. The number of carboxylic acid groups (broad SMARTS) is 1. The molecule has 0 aromatic heterocycles. The van der Waals surface area contributed by atoms with Crippen molar-refractivity contribution in [2.24, 2.45) is 0 Å². The maximum Gasteiger partial charge on any atom is 0.304 e. The van der Waals surface area contributed by atoms with Crippen LogP contribution in [0.3, 0.4) is 0 Å². The van der Waals surface area contributed by atoms with Gasteiger partial charge in [-0.3, -0.25) is 9.69 Å². The van der Waals surface area contributed by atoms with Gasteiger partial charge in [-0.2, -0.15) is 0 Å². The fourth-order valence-electron chi connectivity index (χ4n) is 1.36. The number of aliphatic carboxylic acids is 1. The largest absolute Gasteiger partial charge is 0.481 e. The Kier molecular flexibility index (Phi) is 3.78. The molecule has 0 heterocycles. The molecule has 0 aromatic carbocycles. The highest BCUT2D eigenvalue weighted by atomic mass is 16.4. The van der Waals surface area contributed by atoms with Crippen molar-refractivity contribution in [2.75, 3.05) is 13.1 Å². The summed E-state index contributed by atoms with van der Waals surface area (Å²) in [5.74, 6) is 1.85. The fraction of sp³-hybridized carbons (Fsp3) is 0.700. The molecular weight excluding hydrogens is 166 g/mol. The molecule has 0 spiro atoms. The third kappa shape index (κ3) is 3.95. The first-order valence-electron chi connectivity index (χ1n) is 4.63. The van der Waals surface area contributed by atoms with Crippen LogP contribution >= 0.6 is 0 Å². The summed E-state index contributed by atoms with van der Waals surface area (Å²) in [5.41, 5.74) is 0. The van der Waals surface area contributed by atoms with Crippen LogP contribution in [0.15, 0.2) is 0 Å². The van der Waals surface area contributed by atoms with Gasteiger partial charge in [-0.05, 0) is 12.8 Å². The molecule has 1 rings (SSSR count). The van der Waals surface area contributed by atoms with Crippen LogP contribution in [0.5, 0.6) is 0 Å². The minimum atomic E-state index is -0.730. The van der Waals surface area contributed by atoms with Gasteiger partial charge in [0.15, 0.2) is 0 Å². The molecule has 0 unspecified atom stereocenters. The van der Waals surface area contributed by atoms with Crippen LogP contribution < -0.4 is 0 Å². The second-order valence-electron chi connectivity index (χ2n) is 3.37. The van der Waals surface area contributed by atoms with E-state index in [1.807, 2.05) is 0 Å². The van der Waals surface area contributed by atoms with Crippen LogP contribution in [0.1, 0.15) is 25.7 Å². The summed E-state index contributed by atoms with van der Waals surface area (Å²) in [6, 6.07) is 0.604. The Labute approximate surface area is 78.7 Å². The van der Waals surface area contributed by atoms with Crippen LogP contribution in [-0.4, -0.2) is 35.1 Å². The second kappa shape index (κ2) is 4.88. The van der Waals surface area contributed by atoms with Crippen molar-refractivity contribution in [3.63, 3.8) is 0 Å². The number of hydrogen-bond acceptors (Lipinski definition) is 2. The summed E-state index contributed by atoms with van der Waals surface area (Å²) in [6.45, 7) is 1.48. The smallest absolute Gasteiger partial charge is 0.304 e. The third-order valence-corrected chi connectivity index (χ3v) is 2.22. The quantitative estimate of drug-likeness (QED) is 0.620. The van der Waals surface area contributed by atoms with Gasteiger partial charge in [0.1, 0.15) is 0 Å². The molecule has 0 atom stereocenters. The molecule has 1 aliphatic rings. The minimum Gasteiger partial charge on any atom is -0.481 e. The maximum absolute atomic E-state index is 10.4. The SMILES string of the molecule is C#CCCN(CCC(=O)O)C1CC1. The van der Waals surface area contributed by atoms with Crippen molar-refractivity contribution in [1.82, 2.24) is 4.90 Å². The highest BCUT2D eigenvalue weighted by Gasteiger charge is 2.28. The Morgan fingerprint density at radius 3 is 2.69 bits per heavy atom. The molecule has 13 heavy (non-hydrogen) atoms. The summed E-state index contributed by atoms with van der Waals surface area (Å²) < 4.78 is 0. The molecule has 1 aliphatic carbocycles.